The lowest BCUT2D eigenvalue weighted by molar-refractivity contribution is 0.197. The molecule has 5 rings (SSSR count). The quantitative estimate of drug-likeness (QED) is 0.848. The Labute approximate surface area is 166 Å². The molecule has 7 nitrogen and oxygen atoms in total. The number of fused-ring (bicyclic) bond motifs is 2. The molecule has 2 unspecified atom stereocenters. The molecule has 2 atom stereocenters. The first-order valence-corrected chi connectivity index (χ1v) is 10.3. The summed E-state index contributed by atoms with van der Waals surface area (Å²) in [4.78, 5) is 14.2. The van der Waals surface area contributed by atoms with E-state index in [9.17, 15) is 0 Å². The molecule has 28 heavy (non-hydrogen) atoms. The molecule has 1 fully saturated rings. The van der Waals surface area contributed by atoms with Crippen LogP contribution in [0.4, 0.5) is 17.5 Å². The van der Waals surface area contributed by atoms with Gasteiger partial charge in [0.2, 0.25) is 5.95 Å². The lowest BCUT2D eigenvalue weighted by atomic mass is 10.0. The average molecular weight is 380 g/mol. The van der Waals surface area contributed by atoms with Gasteiger partial charge in [0.05, 0.1) is 18.5 Å². The van der Waals surface area contributed by atoms with Gasteiger partial charge in [-0.1, -0.05) is 12.1 Å². The minimum absolute atomic E-state index is 0.379. The predicted octanol–water partition coefficient (Wildman–Crippen LogP) is 2.52. The monoisotopic (exact) mass is 380 g/mol. The fraction of sp³-hybridized carbons (Fsp3) is 0.524. The van der Waals surface area contributed by atoms with Crippen LogP contribution in [0.15, 0.2) is 24.4 Å². The third-order valence-electron chi connectivity index (χ3n) is 6.11. The van der Waals surface area contributed by atoms with Crippen molar-refractivity contribution in [3.63, 3.8) is 0 Å². The largest absolute Gasteiger partial charge is 0.493 e. The molecule has 4 heterocycles. The highest BCUT2D eigenvalue weighted by Crippen LogP contribution is 2.31. The lowest BCUT2D eigenvalue weighted by Crippen LogP contribution is -2.47. The van der Waals surface area contributed by atoms with E-state index in [2.05, 4.69) is 57.5 Å². The van der Waals surface area contributed by atoms with Crippen LogP contribution in [0, 0.1) is 0 Å². The van der Waals surface area contributed by atoms with Crippen molar-refractivity contribution < 1.29 is 4.74 Å². The van der Waals surface area contributed by atoms with E-state index in [4.69, 9.17) is 9.72 Å². The topological polar surface area (TPSA) is 65.6 Å². The van der Waals surface area contributed by atoms with Gasteiger partial charge in [0.1, 0.15) is 5.75 Å². The molecule has 1 aromatic carbocycles. The Morgan fingerprint density at radius 3 is 2.93 bits per heavy atom. The van der Waals surface area contributed by atoms with Crippen LogP contribution in [0.5, 0.6) is 5.75 Å². The molecule has 1 saturated heterocycles. The van der Waals surface area contributed by atoms with E-state index < -0.39 is 0 Å². The fourth-order valence-electron chi connectivity index (χ4n) is 4.27. The van der Waals surface area contributed by atoms with Crippen molar-refractivity contribution in [3.8, 4) is 5.75 Å². The number of ether oxygens (including phenoxy) is 1. The number of piperazine rings is 1. The zero-order chi connectivity index (χ0) is 19.1. The number of hydrogen-bond acceptors (Lipinski definition) is 7. The standard InChI is InChI=1S/C21H28N6O/c1-14-12-22-18-13-23-21(25-20(18)24-14)27-8-6-26(7-9-27)15(2)17-4-3-16-5-10-28-19(16)11-17/h3-4,11,13-15,22H,5-10,12H2,1-2H3,(H,23,24,25). The Hall–Kier alpha value is -2.54. The third-order valence-corrected chi connectivity index (χ3v) is 6.11. The van der Waals surface area contributed by atoms with Crippen molar-refractivity contribution in [1.82, 2.24) is 14.9 Å². The van der Waals surface area contributed by atoms with Crippen molar-refractivity contribution in [1.29, 1.82) is 0 Å². The van der Waals surface area contributed by atoms with Crippen molar-refractivity contribution in [2.24, 2.45) is 0 Å². The number of rotatable bonds is 3. The molecule has 1 aromatic heterocycles. The summed E-state index contributed by atoms with van der Waals surface area (Å²) in [5.41, 5.74) is 3.67. The first-order chi connectivity index (χ1) is 13.7. The minimum Gasteiger partial charge on any atom is -0.493 e. The van der Waals surface area contributed by atoms with Gasteiger partial charge in [-0.15, -0.1) is 0 Å². The van der Waals surface area contributed by atoms with Crippen molar-refractivity contribution in [3.05, 3.63) is 35.5 Å². The molecule has 0 bridgehead atoms. The SMILES string of the molecule is CC1CNc2cnc(N3CCN(C(C)c4ccc5c(c4)OCC5)CC3)nc2N1. The molecular formula is C21H28N6O. The van der Waals surface area contributed by atoms with Crippen LogP contribution in [0.25, 0.3) is 0 Å². The van der Waals surface area contributed by atoms with Crippen LogP contribution in [-0.2, 0) is 6.42 Å². The number of nitrogens with one attached hydrogen (secondary N) is 2. The summed E-state index contributed by atoms with van der Waals surface area (Å²) < 4.78 is 5.75. The maximum atomic E-state index is 5.75. The second-order valence-corrected chi connectivity index (χ2v) is 8.02. The van der Waals surface area contributed by atoms with Crippen LogP contribution in [0.3, 0.4) is 0 Å². The molecule has 0 radical (unpaired) electrons. The second kappa shape index (κ2) is 7.13. The number of aromatic nitrogens is 2. The molecule has 3 aliphatic rings. The van der Waals surface area contributed by atoms with E-state index in [0.29, 0.717) is 12.1 Å². The van der Waals surface area contributed by atoms with Crippen molar-refractivity contribution in [2.45, 2.75) is 32.4 Å². The van der Waals surface area contributed by atoms with Gasteiger partial charge >= 0.3 is 0 Å². The van der Waals surface area contributed by atoms with E-state index in [-0.39, 0.29) is 0 Å². The molecule has 148 valence electrons. The number of hydrogen-bond donors (Lipinski definition) is 2. The zero-order valence-electron chi connectivity index (χ0n) is 16.6. The van der Waals surface area contributed by atoms with Gasteiger partial charge < -0.3 is 20.3 Å². The molecular weight excluding hydrogens is 352 g/mol. The van der Waals surface area contributed by atoms with Gasteiger partial charge in [0.15, 0.2) is 5.82 Å². The van der Waals surface area contributed by atoms with Crippen LogP contribution in [0.1, 0.15) is 31.0 Å². The maximum Gasteiger partial charge on any atom is 0.227 e. The Balaban J connectivity index is 1.24. The lowest BCUT2D eigenvalue weighted by Gasteiger charge is -2.38. The van der Waals surface area contributed by atoms with Crippen LogP contribution >= 0.6 is 0 Å². The smallest absolute Gasteiger partial charge is 0.227 e. The van der Waals surface area contributed by atoms with E-state index >= 15 is 0 Å². The molecule has 0 spiro atoms. The van der Waals surface area contributed by atoms with Gasteiger partial charge in [-0.25, -0.2) is 4.98 Å². The van der Waals surface area contributed by atoms with Gasteiger partial charge in [-0.2, -0.15) is 4.98 Å². The summed E-state index contributed by atoms with van der Waals surface area (Å²) in [5.74, 6) is 2.80. The highest BCUT2D eigenvalue weighted by atomic mass is 16.5. The average Bonchev–Trinajstić information content (AvgIpc) is 3.20. The van der Waals surface area contributed by atoms with Crippen LogP contribution in [-0.4, -0.2) is 60.2 Å². The van der Waals surface area contributed by atoms with Gasteiger partial charge in [0, 0.05) is 51.2 Å². The fourth-order valence-corrected chi connectivity index (χ4v) is 4.27. The van der Waals surface area contributed by atoms with E-state index in [1.165, 1.54) is 11.1 Å². The Morgan fingerprint density at radius 1 is 1.21 bits per heavy atom. The first-order valence-electron chi connectivity index (χ1n) is 10.3. The zero-order valence-corrected chi connectivity index (χ0v) is 16.6. The molecule has 0 amide bonds. The molecule has 3 aliphatic heterocycles. The van der Waals surface area contributed by atoms with Crippen LogP contribution in [0.2, 0.25) is 0 Å². The van der Waals surface area contributed by atoms with Crippen LogP contribution < -0.4 is 20.3 Å². The molecule has 2 aromatic rings. The summed E-state index contributed by atoms with van der Waals surface area (Å²) >= 11 is 0. The van der Waals surface area contributed by atoms with Crippen molar-refractivity contribution in [2.75, 3.05) is 54.9 Å². The van der Waals surface area contributed by atoms with E-state index in [1.807, 2.05) is 6.20 Å². The Bertz CT molecular complexity index is 864. The number of nitrogens with zero attached hydrogens (tertiary/aromatic N) is 4. The molecule has 2 N–H and O–H groups in total. The van der Waals surface area contributed by atoms with E-state index in [1.54, 1.807) is 0 Å². The normalized spacial score (nSPS) is 22.5. The second-order valence-electron chi connectivity index (χ2n) is 8.02. The summed E-state index contributed by atoms with van der Waals surface area (Å²) in [5, 5.41) is 6.82. The molecule has 7 heteroatoms. The minimum atomic E-state index is 0.379. The molecule has 0 saturated carbocycles. The van der Waals surface area contributed by atoms with Gasteiger partial charge in [-0.3, -0.25) is 4.90 Å². The third kappa shape index (κ3) is 3.24. The Kier molecular flexibility index (Phi) is 4.47. The molecule has 0 aliphatic carbocycles. The number of benzene rings is 1. The number of anilines is 3. The highest BCUT2D eigenvalue weighted by molar-refractivity contribution is 5.67. The van der Waals surface area contributed by atoms with E-state index in [0.717, 1.165) is 69.0 Å². The highest BCUT2D eigenvalue weighted by Gasteiger charge is 2.25. The van der Waals surface area contributed by atoms with Crippen molar-refractivity contribution >= 4 is 17.5 Å². The van der Waals surface area contributed by atoms with Gasteiger partial charge in [-0.05, 0) is 31.0 Å². The van der Waals surface area contributed by atoms with Gasteiger partial charge in [0.25, 0.3) is 0 Å². The first kappa shape index (κ1) is 17.6. The predicted molar refractivity (Wildman–Crippen MR) is 111 cm³/mol. The summed E-state index contributed by atoms with van der Waals surface area (Å²) in [6.07, 6.45) is 2.93. The summed E-state index contributed by atoms with van der Waals surface area (Å²) in [7, 11) is 0. The summed E-state index contributed by atoms with van der Waals surface area (Å²) in [6, 6.07) is 7.48. The summed E-state index contributed by atoms with van der Waals surface area (Å²) in [6.45, 7) is 10.0. The Morgan fingerprint density at radius 2 is 2.07 bits per heavy atom. The maximum absolute atomic E-state index is 5.75.